The number of nitrogens with two attached hydrogens (primary N) is 1. The fourth-order valence-corrected chi connectivity index (χ4v) is 2.45. The Labute approximate surface area is 129 Å². The lowest BCUT2D eigenvalue weighted by Gasteiger charge is -2.29. The van der Waals surface area contributed by atoms with Crippen LogP contribution < -0.4 is 5.73 Å². The number of amides is 1. The Morgan fingerprint density at radius 1 is 1.43 bits per heavy atom. The van der Waals surface area contributed by atoms with Gasteiger partial charge >= 0.3 is 0 Å². The highest BCUT2D eigenvalue weighted by molar-refractivity contribution is 5.83. The fourth-order valence-electron chi connectivity index (χ4n) is 2.45. The van der Waals surface area contributed by atoms with Gasteiger partial charge in [0, 0.05) is 6.54 Å². The van der Waals surface area contributed by atoms with Crippen LogP contribution >= 0.6 is 0 Å². The molecule has 11 heteroatoms. The van der Waals surface area contributed by atoms with Crippen LogP contribution in [0.3, 0.4) is 0 Å². The number of carbonyl (C=O) groups is 1. The lowest BCUT2D eigenvalue weighted by Crippen LogP contribution is -2.42. The van der Waals surface area contributed by atoms with Crippen molar-refractivity contribution in [3.63, 3.8) is 0 Å². The van der Waals surface area contributed by atoms with Crippen molar-refractivity contribution in [2.24, 2.45) is 0 Å². The molecule has 1 aliphatic heterocycles. The summed E-state index contributed by atoms with van der Waals surface area (Å²) in [6.07, 6.45) is -3.08. The number of rotatable bonds is 3. The number of aromatic nitrogens is 4. The third-order valence-corrected chi connectivity index (χ3v) is 3.68. The molecule has 23 heavy (non-hydrogen) atoms. The van der Waals surface area contributed by atoms with E-state index < -0.39 is 30.4 Å². The van der Waals surface area contributed by atoms with Gasteiger partial charge in [0.2, 0.25) is 5.91 Å². The van der Waals surface area contributed by atoms with Crippen molar-refractivity contribution in [3.8, 4) is 0 Å². The highest BCUT2D eigenvalue weighted by Crippen LogP contribution is 2.32. The van der Waals surface area contributed by atoms with E-state index in [4.69, 9.17) is 10.5 Å². The highest BCUT2D eigenvalue weighted by Gasteiger charge is 2.47. The number of carbonyl (C=O) groups excluding carboxylic acids is 1. The van der Waals surface area contributed by atoms with E-state index in [1.54, 1.807) is 0 Å². The van der Waals surface area contributed by atoms with Gasteiger partial charge in [0.1, 0.15) is 24.1 Å². The predicted molar refractivity (Wildman–Crippen MR) is 76.4 cm³/mol. The molecule has 1 amide bonds. The zero-order chi connectivity index (χ0) is 16.7. The SMILES string of the molecule is CCN([O-])C(=O)[C@H]1OC(n2cnc3c(N)ncnc32)[C@H](O)[C@@H]1O. The molecule has 0 aromatic carbocycles. The molecule has 0 aliphatic carbocycles. The van der Waals surface area contributed by atoms with E-state index in [0.717, 1.165) is 0 Å². The fraction of sp³-hybridized carbons (Fsp3) is 0.500. The number of anilines is 1. The zero-order valence-electron chi connectivity index (χ0n) is 12.1. The summed E-state index contributed by atoms with van der Waals surface area (Å²) < 4.78 is 6.72. The number of aliphatic hydroxyl groups excluding tert-OH is 2. The van der Waals surface area contributed by atoms with Crippen LogP contribution in [0.15, 0.2) is 12.7 Å². The van der Waals surface area contributed by atoms with Crippen LogP contribution in [0.5, 0.6) is 0 Å². The number of nitrogens with zero attached hydrogens (tertiary/aromatic N) is 5. The summed E-state index contributed by atoms with van der Waals surface area (Å²) >= 11 is 0. The second kappa shape index (κ2) is 5.70. The summed E-state index contributed by atoms with van der Waals surface area (Å²) in [5, 5.41) is 31.8. The number of hydrogen-bond acceptors (Lipinski definition) is 9. The van der Waals surface area contributed by atoms with Crippen LogP contribution in [-0.2, 0) is 9.53 Å². The Morgan fingerprint density at radius 3 is 2.87 bits per heavy atom. The number of likely N-dealkylation sites (N-methyl/N-ethyl adjacent to an activating group) is 1. The van der Waals surface area contributed by atoms with Crippen LogP contribution in [0.4, 0.5) is 5.82 Å². The third-order valence-electron chi connectivity index (χ3n) is 3.68. The maximum atomic E-state index is 11.9. The minimum absolute atomic E-state index is 0.0933. The highest BCUT2D eigenvalue weighted by atomic mass is 16.6. The summed E-state index contributed by atoms with van der Waals surface area (Å²) in [4.78, 5) is 23.7. The van der Waals surface area contributed by atoms with E-state index in [2.05, 4.69) is 15.0 Å². The summed E-state index contributed by atoms with van der Waals surface area (Å²) in [6, 6.07) is 0. The number of hydrogen-bond donors (Lipinski definition) is 3. The molecule has 1 fully saturated rings. The Kier molecular flexibility index (Phi) is 3.85. The monoisotopic (exact) mass is 323 g/mol. The van der Waals surface area contributed by atoms with Gasteiger partial charge in [-0.2, -0.15) is 0 Å². The summed E-state index contributed by atoms with van der Waals surface area (Å²) in [7, 11) is 0. The number of hydroxylamine groups is 2. The van der Waals surface area contributed by atoms with E-state index in [1.165, 1.54) is 24.1 Å². The molecule has 1 aliphatic rings. The van der Waals surface area contributed by atoms with Crippen molar-refractivity contribution >= 4 is 22.9 Å². The number of imidazole rings is 1. The largest absolute Gasteiger partial charge is 0.756 e. The molecular formula is C12H15N6O5-. The summed E-state index contributed by atoms with van der Waals surface area (Å²) in [5.41, 5.74) is 6.25. The van der Waals surface area contributed by atoms with Crippen molar-refractivity contribution in [2.75, 3.05) is 12.3 Å². The number of aliphatic hydroxyl groups is 2. The van der Waals surface area contributed by atoms with Gasteiger partial charge in [0.15, 0.2) is 23.8 Å². The van der Waals surface area contributed by atoms with E-state index >= 15 is 0 Å². The van der Waals surface area contributed by atoms with Gasteiger partial charge < -0.3 is 31.0 Å². The number of ether oxygens (including phenoxy) is 1. The molecule has 0 spiro atoms. The van der Waals surface area contributed by atoms with Gasteiger partial charge in [0.05, 0.1) is 6.33 Å². The van der Waals surface area contributed by atoms with Crippen molar-refractivity contribution < 1.29 is 19.7 Å². The molecule has 11 nitrogen and oxygen atoms in total. The standard InChI is InChI=1S/C12H15N6O5/c1-2-18(22)11(21)8-6(19)7(20)12(23-8)17-4-16-5-9(13)14-3-15-10(5)17/h3-4,6-8,12,19-20H,2H2,1H3,(H2,13,14,15)/q-1/t6-,7+,8-,12?/m0/s1. The van der Waals surface area contributed by atoms with E-state index in [-0.39, 0.29) is 23.1 Å². The van der Waals surface area contributed by atoms with Gasteiger partial charge in [-0.1, -0.05) is 0 Å². The topological polar surface area (TPSA) is 163 Å². The average molecular weight is 323 g/mol. The second-order valence-corrected chi connectivity index (χ2v) is 5.04. The number of nitrogen functional groups attached to an aromatic ring is 1. The lowest BCUT2D eigenvalue weighted by molar-refractivity contribution is -0.145. The molecule has 0 radical (unpaired) electrons. The molecule has 1 saturated heterocycles. The Balaban J connectivity index is 1.94. The van der Waals surface area contributed by atoms with Gasteiger partial charge in [-0.15, -0.1) is 0 Å². The second-order valence-electron chi connectivity index (χ2n) is 5.04. The van der Waals surface area contributed by atoms with E-state index in [9.17, 15) is 20.2 Å². The molecule has 4 N–H and O–H groups in total. The molecule has 1 unspecified atom stereocenters. The summed E-state index contributed by atoms with van der Waals surface area (Å²) in [6.45, 7) is 1.40. The minimum atomic E-state index is -1.55. The molecule has 124 valence electrons. The van der Waals surface area contributed by atoms with Crippen molar-refractivity contribution in [3.05, 3.63) is 17.9 Å². The molecule has 2 aromatic rings. The molecule has 2 aromatic heterocycles. The molecule has 0 saturated carbocycles. The van der Waals surface area contributed by atoms with E-state index in [0.29, 0.717) is 5.52 Å². The molecular weight excluding hydrogens is 308 g/mol. The molecule has 4 atom stereocenters. The molecule has 3 heterocycles. The first-order chi connectivity index (χ1) is 11.0. The van der Waals surface area contributed by atoms with Crippen molar-refractivity contribution in [1.29, 1.82) is 0 Å². The van der Waals surface area contributed by atoms with Crippen LogP contribution in [-0.4, -0.2) is 65.6 Å². The molecule has 0 bridgehead atoms. The first-order valence-electron chi connectivity index (χ1n) is 6.88. The van der Waals surface area contributed by atoms with Crippen LogP contribution in [0.2, 0.25) is 0 Å². The maximum absolute atomic E-state index is 11.9. The predicted octanol–water partition coefficient (Wildman–Crippen LogP) is -1.63. The van der Waals surface area contributed by atoms with Gasteiger partial charge in [-0.3, -0.25) is 9.36 Å². The van der Waals surface area contributed by atoms with E-state index in [1.807, 2.05) is 0 Å². The van der Waals surface area contributed by atoms with Crippen LogP contribution in [0.25, 0.3) is 11.2 Å². The normalized spacial score (nSPS) is 27.5. The van der Waals surface area contributed by atoms with Crippen molar-refractivity contribution in [2.45, 2.75) is 31.5 Å². The Bertz CT molecular complexity index is 736. The first kappa shape index (κ1) is 15.6. The third kappa shape index (κ3) is 2.39. The van der Waals surface area contributed by atoms with Crippen molar-refractivity contribution in [1.82, 2.24) is 24.6 Å². The maximum Gasteiger partial charge on any atom is 0.244 e. The van der Waals surface area contributed by atoms with Gasteiger partial charge in [-0.05, 0) is 6.92 Å². The summed E-state index contributed by atoms with van der Waals surface area (Å²) in [5.74, 6) is -0.814. The quantitative estimate of drug-likeness (QED) is 0.563. The first-order valence-corrected chi connectivity index (χ1v) is 6.88. The lowest BCUT2D eigenvalue weighted by atomic mass is 10.1. The van der Waals surface area contributed by atoms with Crippen LogP contribution in [0.1, 0.15) is 13.2 Å². The van der Waals surface area contributed by atoms with Crippen LogP contribution in [0, 0.1) is 5.21 Å². The molecule has 3 rings (SSSR count). The average Bonchev–Trinajstić information content (AvgIpc) is 3.09. The zero-order valence-corrected chi connectivity index (χ0v) is 12.1. The number of fused-ring (bicyclic) bond motifs is 1. The van der Waals surface area contributed by atoms with Gasteiger partial charge in [-0.25, -0.2) is 15.0 Å². The van der Waals surface area contributed by atoms with Gasteiger partial charge in [0.25, 0.3) is 0 Å². The Morgan fingerprint density at radius 2 is 2.17 bits per heavy atom. The smallest absolute Gasteiger partial charge is 0.244 e. The minimum Gasteiger partial charge on any atom is -0.756 e. The Hall–Kier alpha value is -2.34.